The van der Waals surface area contributed by atoms with E-state index in [9.17, 15) is 23.1 Å². The fourth-order valence-corrected chi connectivity index (χ4v) is 8.25. The van der Waals surface area contributed by atoms with Crippen LogP contribution in [-0.4, -0.2) is 100 Å². The highest BCUT2D eigenvalue weighted by molar-refractivity contribution is 7.89. The van der Waals surface area contributed by atoms with Gasteiger partial charge in [0.15, 0.2) is 0 Å². The zero-order valence-corrected chi connectivity index (χ0v) is 30.6. The lowest BCUT2D eigenvalue weighted by Crippen LogP contribution is -2.57. The maximum absolute atomic E-state index is 14.1. The van der Waals surface area contributed by atoms with Gasteiger partial charge in [0, 0.05) is 31.6 Å². The van der Waals surface area contributed by atoms with E-state index in [-0.39, 0.29) is 36.4 Å². The third-order valence-electron chi connectivity index (χ3n) is 8.24. The summed E-state index contributed by atoms with van der Waals surface area (Å²) in [5.41, 5.74) is 1.71. The van der Waals surface area contributed by atoms with Crippen molar-refractivity contribution >= 4 is 39.5 Å². The number of aliphatic hydroxyl groups excluding tert-OH is 1. The molecule has 12 nitrogen and oxygen atoms in total. The van der Waals surface area contributed by atoms with Gasteiger partial charge in [-0.15, -0.1) is 11.3 Å². The van der Waals surface area contributed by atoms with E-state index in [1.165, 1.54) is 46.1 Å². The smallest absolute Gasteiger partial charge is 0.321 e. The van der Waals surface area contributed by atoms with Crippen molar-refractivity contribution in [3.8, 4) is 0 Å². The first-order valence-electron chi connectivity index (χ1n) is 16.4. The zero-order chi connectivity index (χ0) is 35.9. The van der Waals surface area contributed by atoms with Gasteiger partial charge in [0.1, 0.15) is 6.04 Å². The molecular formula is C35H48N6O6S2. The molecule has 4 rings (SSSR count). The molecule has 1 aromatic heterocycles. The molecule has 0 aliphatic carbocycles. The summed E-state index contributed by atoms with van der Waals surface area (Å²) in [6, 6.07) is 13.3. The second-order valence-electron chi connectivity index (χ2n) is 14.0. The minimum Gasteiger partial charge on any atom is -0.411 e. The number of hydrogen-bond acceptors (Lipinski definition) is 9. The summed E-state index contributed by atoms with van der Waals surface area (Å²) < 4.78 is 29.2. The standard InChI is InChI=1S/C35H48N6O6S2/c1-24(2)32(41-17-16-39(34(41)44)20-28-22-48-25(3)37-28)33(43)38-30(18-26-10-8-7-9-11-26)31(42)21-40(23-35(4,5)6)49(46,47)29-14-12-27(13-15-29)19-36-45/h7-15,19,22,24,30-32,42,45H,16-18,20-21,23H2,1-6H3,(H,38,43)/t30-,31+,32-/m0/s1. The summed E-state index contributed by atoms with van der Waals surface area (Å²) in [7, 11) is -4.09. The number of rotatable bonds is 15. The molecule has 0 spiro atoms. The number of nitrogens with zero attached hydrogens (tertiary/aromatic N) is 5. The molecule has 0 saturated carbocycles. The van der Waals surface area contributed by atoms with Crippen molar-refractivity contribution in [2.45, 2.75) is 77.6 Å². The van der Waals surface area contributed by atoms with Crippen LogP contribution in [0.5, 0.6) is 0 Å². The van der Waals surface area contributed by atoms with Crippen molar-refractivity contribution in [1.82, 2.24) is 24.4 Å². The number of aliphatic hydroxyl groups is 1. The molecule has 3 atom stereocenters. The number of nitrogens with one attached hydrogen (secondary N) is 1. The quantitative estimate of drug-likeness (QED) is 0.120. The Morgan fingerprint density at radius 1 is 1.12 bits per heavy atom. The average molecular weight is 713 g/mol. The van der Waals surface area contributed by atoms with Gasteiger partial charge in [-0.05, 0) is 47.9 Å². The second-order valence-corrected chi connectivity index (χ2v) is 17.0. The SMILES string of the molecule is Cc1nc(CN2CCN([C@H](C(=O)N[C@@H](Cc3ccccc3)[C@H](O)CN(CC(C)(C)C)S(=O)(=O)c3ccc(C=NO)cc3)C(C)C)C2=O)cs1. The Morgan fingerprint density at radius 3 is 2.37 bits per heavy atom. The highest BCUT2D eigenvalue weighted by Crippen LogP contribution is 2.25. The molecule has 0 unspecified atom stereocenters. The van der Waals surface area contributed by atoms with Gasteiger partial charge in [0.25, 0.3) is 0 Å². The number of thiazole rings is 1. The van der Waals surface area contributed by atoms with Crippen molar-refractivity contribution in [3.05, 3.63) is 81.8 Å². The van der Waals surface area contributed by atoms with Crippen molar-refractivity contribution < 1.29 is 28.3 Å². The van der Waals surface area contributed by atoms with Crippen molar-refractivity contribution in [2.75, 3.05) is 26.2 Å². The highest BCUT2D eigenvalue weighted by Gasteiger charge is 2.41. The lowest BCUT2D eigenvalue weighted by atomic mass is 9.96. The Balaban J connectivity index is 1.59. The minimum atomic E-state index is -4.09. The summed E-state index contributed by atoms with van der Waals surface area (Å²) in [4.78, 5) is 35.4. The Kier molecular flexibility index (Phi) is 12.6. The molecule has 14 heteroatoms. The second kappa shape index (κ2) is 16.2. The van der Waals surface area contributed by atoms with Crippen LogP contribution in [0.3, 0.4) is 0 Å². The molecule has 1 aliphatic heterocycles. The van der Waals surface area contributed by atoms with Crippen LogP contribution in [0, 0.1) is 18.3 Å². The molecule has 1 saturated heterocycles. The van der Waals surface area contributed by atoms with Gasteiger partial charge in [-0.3, -0.25) is 4.79 Å². The van der Waals surface area contributed by atoms with Crippen LogP contribution < -0.4 is 5.32 Å². The van der Waals surface area contributed by atoms with E-state index < -0.39 is 39.5 Å². The van der Waals surface area contributed by atoms with E-state index in [0.717, 1.165) is 16.3 Å². The average Bonchev–Trinajstić information content (AvgIpc) is 3.61. The van der Waals surface area contributed by atoms with Crippen LogP contribution in [0.1, 0.15) is 56.4 Å². The van der Waals surface area contributed by atoms with E-state index in [1.54, 1.807) is 9.80 Å². The Bertz CT molecular complexity index is 1690. The maximum atomic E-state index is 14.1. The molecule has 0 radical (unpaired) electrons. The molecule has 2 aromatic carbocycles. The zero-order valence-electron chi connectivity index (χ0n) is 29.0. The molecule has 2 heterocycles. The third kappa shape index (κ3) is 10.1. The minimum absolute atomic E-state index is 0.0208. The van der Waals surface area contributed by atoms with Crippen molar-refractivity contribution in [2.24, 2.45) is 16.5 Å². The summed E-state index contributed by atoms with van der Waals surface area (Å²) >= 11 is 1.52. The number of carbonyl (C=O) groups excluding carboxylic acids is 2. The molecule has 1 aliphatic rings. The Hall–Kier alpha value is -3.85. The molecule has 49 heavy (non-hydrogen) atoms. The normalized spacial score (nSPS) is 16.1. The number of hydrogen-bond donors (Lipinski definition) is 3. The summed E-state index contributed by atoms with van der Waals surface area (Å²) in [5.74, 6) is -0.655. The molecular weight excluding hydrogens is 665 g/mol. The monoisotopic (exact) mass is 712 g/mol. The highest BCUT2D eigenvalue weighted by atomic mass is 32.2. The van der Waals surface area contributed by atoms with E-state index in [1.807, 2.05) is 77.3 Å². The fraction of sp³-hybridized carbons (Fsp3) is 0.486. The lowest BCUT2D eigenvalue weighted by molar-refractivity contribution is -0.128. The van der Waals surface area contributed by atoms with Gasteiger partial charge in [0.05, 0.1) is 40.5 Å². The van der Waals surface area contributed by atoms with E-state index in [0.29, 0.717) is 25.2 Å². The largest absolute Gasteiger partial charge is 0.411 e. The predicted octanol–water partition coefficient (Wildman–Crippen LogP) is 4.35. The number of carbonyl (C=O) groups is 2. The van der Waals surface area contributed by atoms with Gasteiger partial charge < -0.3 is 25.4 Å². The lowest BCUT2D eigenvalue weighted by Gasteiger charge is -2.35. The first-order valence-corrected chi connectivity index (χ1v) is 18.7. The number of aryl methyl sites for hydroxylation is 1. The molecule has 1 fully saturated rings. The molecule has 266 valence electrons. The van der Waals surface area contributed by atoms with Gasteiger partial charge in [-0.2, -0.15) is 4.31 Å². The molecule has 3 aromatic rings. The van der Waals surface area contributed by atoms with Gasteiger partial charge in [-0.25, -0.2) is 18.2 Å². The van der Waals surface area contributed by atoms with E-state index in [2.05, 4.69) is 15.5 Å². The van der Waals surface area contributed by atoms with Crippen LogP contribution >= 0.6 is 11.3 Å². The fourth-order valence-electron chi connectivity index (χ4n) is 5.96. The van der Waals surface area contributed by atoms with Gasteiger partial charge in [0.2, 0.25) is 15.9 Å². The number of aromatic nitrogens is 1. The molecule has 3 N–H and O–H groups in total. The number of sulfonamides is 1. The first-order chi connectivity index (χ1) is 23.1. The van der Waals surface area contributed by atoms with Gasteiger partial charge in [-0.1, -0.05) is 82.2 Å². The van der Waals surface area contributed by atoms with E-state index in [4.69, 9.17) is 5.21 Å². The number of benzene rings is 2. The summed E-state index contributed by atoms with van der Waals surface area (Å²) in [6.45, 7) is 12.4. The van der Waals surface area contributed by atoms with Crippen LogP contribution in [-0.2, 0) is 27.8 Å². The maximum Gasteiger partial charge on any atom is 0.321 e. The first kappa shape index (κ1) is 38.0. The number of urea groups is 1. The summed E-state index contributed by atoms with van der Waals surface area (Å²) in [6.07, 6.45) is 0.137. The van der Waals surface area contributed by atoms with Gasteiger partial charge >= 0.3 is 6.03 Å². The predicted molar refractivity (Wildman–Crippen MR) is 190 cm³/mol. The van der Waals surface area contributed by atoms with Crippen LogP contribution in [0.2, 0.25) is 0 Å². The summed E-state index contributed by atoms with van der Waals surface area (Å²) in [5, 5.41) is 29.5. The van der Waals surface area contributed by atoms with Crippen LogP contribution in [0.15, 0.2) is 70.0 Å². The van der Waals surface area contributed by atoms with Crippen molar-refractivity contribution in [1.29, 1.82) is 0 Å². The number of amides is 3. The Labute approximate surface area is 293 Å². The third-order valence-corrected chi connectivity index (χ3v) is 10.9. The molecule has 0 bridgehead atoms. The topological polar surface area (TPSA) is 156 Å². The van der Waals surface area contributed by atoms with Crippen LogP contribution in [0.4, 0.5) is 4.79 Å². The van der Waals surface area contributed by atoms with Crippen molar-refractivity contribution in [3.63, 3.8) is 0 Å². The number of oxime groups is 1. The molecule has 3 amide bonds. The van der Waals surface area contributed by atoms with Crippen LogP contribution in [0.25, 0.3) is 0 Å². The Morgan fingerprint density at radius 2 is 1.80 bits per heavy atom. The van der Waals surface area contributed by atoms with E-state index >= 15 is 0 Å².